The summed E-state index contributed by atoms with van der Waals surface area (Å²) in [5.41, 5.74) is 2.15. The molecule has 1 aliphatic carbocycles. The lowest BCUT2D eigenvalue weighted by Gasteiger charge is -2.32. The number of hydrogen-bond donors (Lipinski definition) is 1. The number of ether oxygens (including phenoxy) is 1. The summed E-state index contributed by atoms with van der Waals surface area (Å²) in [5, 5.41) is 0. The van der Waals surface area contributed by atoms with Gasteiger partial charge in [-0.05, 0) is 37.5 Å². The van der Waals surface area contributed by atoms with E-state index in [9.17, 15) is 8.42 Å². The number of rotatable bonds is 6. The van der Waals surface area contributed by atoms with Crippen molar-refractivity contribution in [2.75, 3.05) is 0 Å². The number of nitrogens with one attached hydrogen (secondary N) is 1. The van der Waals surface area contributed by atoms with Gasteiger partial charge in [0.05, 0.1) is 17.6 Å². The molecule has 0 aromatic heterocycles. The maximum Gasteiger partial charge on any atom is 0.240 e. The van der Waals surface area contributed by atoms with E-state index in [-0.39, 0.29) is 12.1 Å². The minimum Gasteiger partial charge on any atom is -0.372 e. The van der Waals surface area contributed by atoms with Gasteiger partial charge in [0.15, 0.2) is 0 Å². The van der Waals surface area contributed by atoms with Crippen molar-refractivity contribution in [3.05, 3.63) is 65.7 Å². The third-order valence-corrected chi connectivity index (χ3v) is 6.15. The van der Waals surface area contributed by atoms with Crippen molar-refractivity contribution in [1.29, 1.82) is 0 Å². The summed E-state index contributed by atoms with van der Waals surface area (Å²) >= 11 is 0. The van der Waals surface area contributed by atoms with Gasteiger partial charge in [0.1, 0.15) is 0 Å². The zero-order valence-electron chi connectivity index (χ0n) is 14.5. The largest absolute Gasteiger partial charge is 0.372 e. The van der Waals surface area contributed by atoms with Gasteiger partial charge in [-0.15, -0.1) is 0 Å². The summed E-state index contributed by atoms with van der Waals surface area (Å²) in [4.78, 5) is 0.311. The molecule has 0 bridgehead atoms. The molecule has 1 N–H and O–H groups in total. The van der Waals surface area contributed by atoms with Crippen LogP contribution in [0, 0.1) is 6.92 Å². The van der Waals surface area contributed by atoms with Gasteiger partial charge >= 0.3 is 0 Å². The first-order chi connectivity index (χ1) is 12.0. The predicted octanol–water partition coefficient (Wildman–Crippen LogP) is 3.80. The Balaban J connectivity index is 1.67. The van der Waals surface area contributed by atoms with Crippen LogP contribution < -0.4 is 4.72 Å². The molecule has 3 rings (SSSR count). The number of aryl methyl sites for hydroxylation is 1. The lowest BCUT2D eigenvalue weighted by atomic mass is 9.93. The Morgan fingerprint density at radius 3 is 2.40 bits per heavy atom. The van der Waals surface area contributed by atoms with Gasteiger partial charge < -0.3 is 4.74 Å². The molecule has 0 saturated heterocycles. The van der Waals surface area contributed by atoms with Crippen molar-refractivity contribution in [2.24, 2.45) is 0 Å². The maximum atomic E-state index is 12.7. The summed E-state index contributed by atoms with van der Waals surface area (Å²) in [6.07, 6.45) is 3.70. The van der Waals surface area contributed by atoms with Gasteiger partial charge in [-0.1, -0.05) is 60.9 Å². The summed E-state index contributed by atoms with van der Waals surface area (Å²) in [7, 11) is -3.52. The Kier molecular flexibility index (Phi) is 5.89. The Morgan fingerprint density at radius 1 is 1.00 bits per heavy atom. The molecule has 0 aliphatic heterocycles. The molecule has 1 fully saturated rings. The van der Waals surface area contributed by atoms with Gasteiger partial charge in [0.25, 0.3) is 0 Å². The average molecular weight is 359 g/mol. The quantitative estimate of drug-likeness (QED) is 0.853. The zero-order valence-corrected chi connectivity index (χ0v) is 15.3. The second kappa shape index (κ2) is 8.13. The summed E-state index contributed by atoms with van der Waals surface area (Å²) < 4.78 is 34.2. The van der Waals surface area contributed by atoms with E-state index in [4.69, 9.17) is 4.74 Å². The van der Waals surface area contributed by atoms with Gasteiger partial charge in [-0.3, -0.25) is 0 Å². The smallest absolute Gasteiger partial charge is 0.240 e. The normalized spacial score (nSPS) is 21.2. The third kappa shape index (κ3) is 4.91. The van der Waals surface area contributed by atoms with Crippen LogP contribution in [-0.2, 0) is 21.4 Å². The van der Waals surface area contributed by atoms with Gasteiger partial charge in [-0.25, -0.2) is 13.1 Å². The van der Waals surface area contributed by atoms with Crippen LogP contribution in [0.4, 0.5) is 0 Å². The Labute approximate surface area is 150 Å². The van der Waals surface area contributed by atoms with Crippen LogP contribution in [0.2, 0.25) is 0 Å². The average Bonchev–Trinajstić information content (AvgIpc) is 2.62. The van der Waals surface area contributed by atoms with E-state index in [2.05, 4.69) is 4.72 Å². The molecular formula is C20H25NO3S. The predicted molar refractivity (Wildman–Crippen MR) is 98.8 cm³/mol. The molecule has 1 saturated carbocycles. The maximum absolute atomic E-state index is 12.7. The van der Waals surface area contributed by atoms with Crippen LogP contribution in [0.5, 0.6) is 0 Å². The van der Waals surface area contributed by atoms with E-state index in [0.717, 1.165) is 36.8 Å². The summed E-state index contributed by atoms with van der Waals surface area (Å²) in [6.45, 7) is 2.45. The lowest BCUT2D eigenvalue weighted by molar-refractivity contribution is 0.0000295. The van der Waals surface area contributed by atoms with Crippen molar-refractivity contribution in [3.8, 4) is 0 Å². The molecule has 25 heavy (non-hydrogen) atoms. The summed E-state index contributed by atoms with van der Waals surface area (Å²) in [6, 6.07) is 16.8. The molecule has 0 radical (unpaired) electrons. The number of benzene rings is 2. The summed E-state index contributed by atoms with van der Waals surface area (Å²) in [5.74, 6) is 0. The first-order valence-electron chi connectivity index (χ1n) is 8.79. The van der Waals surface area contributed by atoms with Gasteiger partial charge in [0, 0.05) is 6.04 Å². The SMILES string of the molecule is Cc1ccc(S(=O)(=O)N[C@H]2CCCC[C@@H]2OCc2ccccc2)cc1. The first-order valence-corrected chi connectivity index (χ1v) is 10.3. The van der Waals surface area contributed by atoms with Crippen LogP contribution in [0.3, 0.4) is 0 Å². The molecule has 4 nitrogen and oxygen atoms in total. The van der Waals surface area contributed by atoms with E-state index < -0.39 is 10.0 Å². The van der Waals surface area contributed by atoms with Crippen molar-refractivity contribution < 1.29 is 13.2 Å². The Bertz CT molecular complexity index is 772. The van der Waals surface area contributed by atoms with Crippen LogP contribution in [0.25, 0.3) is 0 Å². The minimum absolute atomic E-state index is 0.0887. The molecule has 0 heterocycles. The molecule has 0 unspecified atom stereocenters. The van der Waals surface area contributed by atoms with Gasteiger partial charge in [-0.2, -0.15) is 0 Å². The Hall–Kier alpha value is -1.69. The molecule has 5 heteroatoms. The van der Waals surface area contributed by atoms with E-state index >= 15 is 0 Å². The van der Waals surface area contributed by atoms with Crippen LogP contribution >= 0.6 is 0 Å². The molecule has 134 valence electrons. The molecule has 1 aliphatic rings. The Morgan fingerprint density at radius 2 is 1.68 bits per heavy atom. The fourth-order valence-corrected chi connectivity index (χ4v) is 4.49. The van der Waals surface area contributed by atoms with E-state index in [1.54, 1.807) is 12.1 Å². The molecule has 2 aromatic carbocycles. The van der Waals surface area contributed by atoms with Crippen molar-refractivity contribution in [1.82, 2.24) is 4.72 Å². The molecule has 2 aromatic rings. The highest BCUT2D eigenvalue weighted by Gasteiger charge is 2.30. The highest BCUT2D eigenvalue weighted by molar-refractivity contribution is 7.89. The number of sulfonamides is 1. The van der Waals surface area contributed by atoms with E-state index in [1.807, 2.05) is 49.4 Å². The van der Waals surface area contributed by atoms with Gasteiger partial charge in [0.2, 0.25) is 10.0 Å². The monoisotopic (exact) mass is 359 g/mol. The van der Waals surface area contributed by atoms with E-state index in [0.29, 0.717) is 11.5 Å². The van der Waals surface area contributed by atoms with E-state index in [1.165, 1.54) is 0 Å². The standard InChI is InChI=1S/C20H25NO3S/c1-16-11-13-18(14-12-16)25(22,23)21-19-9-5-6-10-20(19)24-15-17-7-3-2-4-8-17/h2-4,7-8,11-14,19-21H,5-6,9-10,15H2,1H3/t19-,20-/m0/s1. The molecule has 2 atom stereocenters. The number of hydrogen-bond acceptors (Lipinski definition) is 3. The molecular weight excluding hydrogens is 334 g/mol. The van der Waals surface area contributed by atoms with Crippen LogP contribution in [-0.4, -0.2) is 20.6 Å². The van der Waals surface area contributed by atoms with Crippen LogP contribution in [0.15, 0.2) is 59.5 Å². The third-order valence-electron chi connectivity index (χ3n) is 4.65. The highest BCUT2D eigenvalue weighted by Crippen LogP contribution is 2.24. The minimum atomic E-state index is -3.52. The van der Waals surface area contributed by atoms with Crippen molar-refractivity contribution >= 4 is 10.0 Å². The highest BCUT2D eigenvalue weighted by atomic mass is 32.2. The second-order valence-corrected chi connectivity index (χ2v) is 8.37. The lowest BCUT2D eigenvalue weighted by Crippen LogP contribution is -2.46. The zero-order chi connectivity index (χ0) is 17.7. The fourth-order valence-electron chi connectivity index (χ4n) is 3.19. The topological polar surface area (TPSA) is 55.4 Å². The fraction of sp³-hybridized carbons (Fsp3) is 0.400. The van der Waals surface area contributed by atoms with Crippen LogP contribution in [0.1, 0.15) is 36.8 Å². The second-order valence-electron chi connectivity index (χ2n) is 6.66. The molecule has 0 amide bonds. The van der Waals surface area contributed by atoms with Crippen molar-refractivity contribution in [3.63, 3.8) is 0 Å². The molecule has 0 spiro atoms. The van der Waals surface area contributed by atoms with Crippen molar-refractivity contribution in [2.45, 2.75) is 56.3 Å². The first kappa shape index (κ1) is 18.1.